The minimum Gasteiger partial charge on any atom is -0.436 e. The van der Waals surface area contributed by atoms with Gasteiger partial charge in [-0.1, -0.05) is 18.2 Å². The van der Waals surface area contributed by atoms with E-state index >= 15 is 0 Å². The van der Waals surface area contributed by atoms with Gasteiger partial charge in [0.25, 0.3) is 0 Å². The van der Waals surface area contributed by atoms with E-state index in [1.165, 1.54) is 6.08 Å². The number of hydrogen-bond acceptors (Lipinski definition) is 10. The third kappa shape index (κ3) is 13.1. The van der Waals surface area contributed by atoms with E-state index in [9.17, 15) is 24.0 Å². The quantitative estimate of drug-likeness (QED) is 0.127. The molecule has 3 atom stereocenters. The van der Waals surface area contributed by atoms with Crippen molar-refractivity contribution in [3.63, 3.8) is 0 Å². The number of allylic oxidation sites excluding steroid dienone is 2. The third-order valence-electron chi connectivity index (χ3n) is 5.14. The molecule has 200 valence electrons. The second-order valence-electron chi connectivity index (χ2n) is 8.17. The third-order valence-corrected chi connectivity index (χ3v) is 5.14. The van der Waals surface area contributed by atoms with Crippen molar-refractivity contribution < 1.29 is 47.7 Å². The summed E-state index contributed by atoms with van der Waals surface area (Å²) in [7, 11) is 0. The standard InChI is InChI=1S/C11H16O4.C8H12O3.C7H8O3/c1-2-3-4-6-14-7-5-9-8-10(12)15-11(9)13;1-2-4-7(9)11-8-5-3-6-10-8;1-2-3-5-4-6(8)10-7(5)9/h2,9H,1,3-8H2;2,8H,1,3-6H2;2,5H,1,3-4H2. The molecule has 0 aromatic rings. The molecule has 0 aliphatic carbocycles. The first-order valence-electron chi connectivity index (χ1n) is 12.0. The molecule has 0 radical (unpaired) electrons. The lowest BCUT2D eigenvalue weighted by atomic mass is 10.0. The van der Waals surface area contributed by atoms with E-state index < -0.39 is 23.9 Å². The minimum absolute atomic E-state index is 0.203. The fourth-order valence-electron chi connectivity index (χ4n) is 3.26. The van der Waals surface area contributed by atoms with Crippen LogP contribution in [0.25, 0.3) is 0 Å². The predicted octanol–water partition coefficient (Wildman–Crippen LogP) is 3.34. The molecule has 3 rings (SSSR count). The number of ether oxygens (including phenoxy) is 5. The number of hydrogen-bond donors (Lipinski definition) is 0. The van der Waals surface area contributed by atoms with E-state index in [4.69, 9.17) is 14.2 Å². The molecule has 3 heterocycles. The van der Waals surface area contributed by atoms with Crippen LogP contribution in [0.1, 0.15) is 57.8 Å². The highest BCUT2D eigenvalue weighted by Gasteiger charge is 2.33. The predicted molar refractivity (Wildman–Crippen MR) is 128 cm³/mol. The van der Waals surface area contributed by atoms with Crippen molar-refractivity contribution in [2.24, 2.45) is 11.8 Å². The molecule has 3 aliphatic rings. The lowest BCUT2D eigenvalue weighted by Gasteiger charge is -2.09. The molecular weight excluding hydrogens is 472 g/mol. The van der Waals surface area contributed by atoms with Crippen LogP contribution in [0.5, 0.6) is 0 Å². The van der Waals surface area contributed by atoms with Crippen molar-refractivity contribution in [3.05, 3.63) is 38.0 Å². The molecule has 0 bridgehead atoms. The van der Waals surface area contributed by atoms with Crippen LogP contribution < -0.4 is 0 Å². The van der Waals surface area contributed by atoms with E-state index in [-0.39, 0.29) is 43.4 Å². The first kappa shape index (κ1) is 30.9. The Labute approximate surface area is 211 Å². The fourth-order valence-corrected chi connectivity index (χ4v) is 3.26. The summed E-state index contributed by atoms with van der Waals surface area (Å²) in [5, 5.41) is 0. The summed E-state index contributed by atoms with van der Waals surface area (Å²) in [5.74, 6) is -2.48. The minimum atomic E-state index is -0.420. The zero-order valence-electron chi connectivity index (χ0n) is 20.7. The Kier molecular flexibility index (Phi) is 15.6. The molecule has 0 amide bonds. The normalized spacial score (nSPS) is 22.4. The van der Waals surface area contributed by atoms with Crippen LogP contribution in [-0.2, 0) is 47.7 Å². The van der Waals surface area contributed by atoms with E-state index in [1.807, 2.05) is 6.08 Å². The Morgan fingerprint density at radius 1 is 0.917 bits per heavy atom. The highest BCUT2D eigenvalue weighted by Crippen LogP contribution is 2.20. The van der Waals surface area contributed by atoms with Gasteiger partial charge >= 0.3 is 29.8 Å². The molecule has 10 heteroatoms. The van der Waals surface area contributed by atoms with Gasteiger partial charge in [-0.05, 0) is 32.1 Å². The van der Waals surface area contributed by atoms with Crippen LogP contribution in [-0.4, -0.2) is 56.0 Å². The molecule has 0 spiro atoms. The van der Waals surface area contributed by atoms with Crippen LogP contribution in [0.2, 0.25) is 0 Å². The molecule has 3 aliphatic heterocycles. The molecule has 3 saturated heterocycles. The Morgan fingerprint density at radius 2 is 1.58 bits per heavy atom. The Morgan fingerprint density at radius 3 is 2.08 bits per heavy atom. The van der Waals surface area contributed by atoms with Crippen molar-refractivity contribution in [1.29, 1.82) is 0 Å². The molecule has 36 heavy (non-hydrogen) atoms. The number of unbranched alkanes of at least 4 members (excludes halogenated alkanes) is 1. The maximum atomic E-state index is 11.0. The molecule has 10 nitrogen and oxygen atoms in total. The van der Waals surface area contributed by atoms with Gasteiger partial charge in [0.2, 0.25) is 6.29 Å². The summed E-state index contributed by atoms with van der Waals surface area (Å²) in [6.45, 7) is 12.4. The van der Waals surface area contributed by atoms with Crippen molar-refractivity contribution in [3.8, 4) is 0 Å². The summed E-state index contributed by atoms with van der Waals surface area (Å²) in [6, 6.07) is 0. The van der Waals surface area contributed by atoms with E-state index in [2.05, 4.69) is 29.2 Å². The molecule has 3 unspecified atom stereocenters. The van der Waals surface area contributed by atoms with Crippen LogP contribution >= 0.6 is 0 Å². The monoisotopic (exact) mass is 508 g/mol. The maximum Gasteiger partial charge on any atom is 0.317 e. The number of carbonyl (C=O) groups is 5. The fraction of sp³-hybridized carbons (Fsp3) is 0.577. The first-order valence-corrected chi connectivity index (χ1v) is 12.0. The second kappa shape index (κ2) is 18.2. The first-order chi connectivity index (χ1) is 17.3. The SMILES string of the molecule is C=CCC(=O)OC1CCCO1.C=CCC1CC(=O)OC1=O.C=CCCCOCCC1CC(=O)OC1=O. The number of carbonyl (C=O) groups excluding carboxylic acids is 5. The zero-order chi connectivity index (χ0) is 26.8. The van der Waals surface area contributed by atoms with Crippen LogP contribution in [0, 0.1) is 11.8 Å². The average Bonchev–Trinajstić information content (AvgIpc) is 3.53. The van der Waals surface area contributed by atoms with Crippen molar-refractivity contribution in [2.75, 3.05) is 19.8 Å². The number of cyclic esters (lactones) is 4. The molecule has 0 aromatic heterocycles. The van der Waals surface area contributed by atoms with E-state index in [0.29, 0.717) is 32.7 Å². The van der Waals surface area contributed by atoms with Gasteiger partial charge in [-0.3, -0.25) is 24.0 Å². The van der Waals surface area contributed by atoms with Gasteiger partial charge in [0.05, 0.1) is 37.7 Å². The maximum absolute atomic E-state index is 11.0. The molecule has 0 aromatic carbocycles. The highest BCUT2D eigenvalue weighted by atomic mass is 16.7. The highest BCUT2D eigenvalue weighted by molar-refractivity contribution is 5.95. The Bertz CT molecular complexity index is 782. The Hall–Kier alpha value is -3.11. The van der Waals surface area contributed by atoms with E-state index in [0.717, 1.165) is 25.7 Å². The van der Waals surface area contributed by atoms with Crippen molar-refractivity contribution in [1.82, 2.24) is 0 Å². The smallest absolute Gasteiger partial charge is 0.317 e. The van der Waals surface area contributed by atoms with Crippen LogP contribution in [0.4, 0.5) is 0 Å². The Balaban J connectivity index is 0.000000277. The lowest BCUT2D eigenvalue weighted by Crippen LogP contribution is -2.15. The lowest BCUT2D eigenvalue weighted by molar-refractivity contribution is -0.168. The zero-order valence-corrected chi connectivity index (χ0v) is 20.7. The van der Waals surface area contributed by atoms with Gasteiger partial charge < -0.3 is 23.7 Å². The van der Waals surface area contributed by atoms with Crippen molar-refractivity contribution >= 4 is 29.8 Å². The molecule has 0 saturated carbocycles. The van der Waals surface area contributed by atoms with Crippen LogP contribution in [0.15, 0.2) is 38.0 Å². The molecular formula is C26H36O10. The van der Waals surface area contributed by atoms with Gasteiger partial charge in [0.1, 0.15) is 0 Å². The molecule has 0 N–H and O–H groups in total. The average molecular weight is 509 g/mol. The summed E-state index contributed by atoms with van der Waals surface area (Å²) in [4.78, 5) is 53.8. The number of rotatable bonds is 12. The summed E-state index contributed by atoms with van der Waals surface area (Å²) in [6.07, 6.45) is 10.1. The van der Waals surface area contributed by atoms with Gasteiger partial charge in [-0.25, -0.2) is 0 Å². The summed E-state index contributed by atoms with van der Waals surface area (Å²) in [5.41, 5.74) is 0. The number of esters is 5. The van der Waals surface area contributed by atoms with Crippen LogP contribution in [0.3, 0.4) is 0 Å². The van der Waals surface area contributed by atoms with Gasteiger partial charge in [-0.15, -0.1) is 19.7 Å². The van der Waals surface area contributed by atoms with E-state index in [1.54, 1.807) is 6.08 Å². The van der Waals surface area contributed by atoms with Crippen molar-refractivity contribution in [2.45, 2.75) is 64.1 Å². The second-order valence-corrected chi connectivity index (χ2v) is 8.17. The topological polar surface area (TPSA) is 132 Å². The summed E-state index contributed by atoms with van der Waals surface area (Å²) >= 11 is 0. The van der Waals surface area contributed by atoms with Gasteiger partial charge in [0.15, 0.2) is 0 Å². The van der Waals surface area contributed by atoms with Gasteiger partial charge in [-0.2, -0.15) is 0 Å². The van der Waals surface area contributed by atoms with Gasteiger partial charge in [0, 0.05) is 19.6 Å². The largest absolute Gasteiger partial charge is 0.436 e. The summed E-state index contributed by atoms with van der Waals surface area (Å²) < 4.78 is 24.0. The molecule has 3 fully saturated rings.